The van der Waals surface area contributed by atoms with E-state index in [1.807, 2.05) is 61.2 Å². The summed E-state index contributed by atoms with van der Waals surface area (Å²) in [5.74, 6) is -1.44. The summed E-state index contributed by atoms with van der Waals surface area (Å²) in [5.41, 5.74) is 12.8. The van der Waals surface area contributed by atoms with Crippen molar-refractivity contribution < 1.29 is 33.2 Å². The number of carbonyl (C=O) groups excluding carboxylic acids is 6. The molecule has 9 heterocycles. The van der Waals surface area contributed by atoms with E-state index in [0.717, 1.165) is 68.9 Å². The number of hydrogen-bond donors (Lipinski definition) is 0. The number of rotatable bonds is 5. The number of nitriles is 3. The summed E-state index contributed by atoms with van der Waals surface area (Å²) in [7, 11) is 0. The number of pyridine rings is 3. The normalized spacial score (nSPS) is 19.0. The standard InChI is InChI=1S/C22H19FN4O2.C21H16N4O2.C18H12N4O2/c1-11(2)19(22(29)26-8-12(7-24)9-26)27-10-15-18(21(27)23)13-5-6-25-16-4-3-14(17(13)16)20(15)28;22-7-12-8-24(9-12)20(27)21(4-5-21)25-10-15-13-3-6-23-17-2-1-14(18(13)17)19(26)16(15)11-25;19-5-10-6-21(7-10)18(24)22-8-13-11-3-4-20-15-2-1-12(16(11)15)17(23)14(13)9-22/h3,5-6,10-12,19H,4,8-9H2,1-2H3;1,3,6,10-12H,2,4-5,8-9H2;1,3-4,8-10H,2,6-7H2. The number of fused-ring (bicyclic) bond motifs is 6. The van der Waals surface area contributed by atoms with Gasteiger partial charge in [-0.1, -0.05) is 32.1 Å². The quantitative estimate of drug-likeness (QED) is 0.166. The topological polar surface area (TPSA) is 237 Å². The molecule has 3 saturated heterocycles. The third kappa shape index (κ3) is 7.00. The van der Waals surface area contributed by atoms with Crippen LogP contribution in [0.25, 0.3) is 50.1 Å². The van der Waals surface area contributed by atoms with Gasteiger partial charge in [0.05, 0.1) is 58.6 Å². The van der Waals surface area contributed by atoms with Crippen molar-refractivity contribution >= 4 is 51.9 Å². The van der Waals surface area contributed by atoms with Crippen molar-refractivity contribution in [1.29, 1.82) is 15.8 Å². The van der Waals surface area contributed by atoms with Gasteiger partial charge in [0.15, 0.2) is 17.3 Å². The van der Waals surface area contributed by atoms with Gasteiger partial charge in [0.1, 0.15) is 11.6 Å². The van der Waals surface area contributed by atoms with Crippen molar-refractivity contribution in [1.82, 2.24) is 43.4 Å². The largest absolute Gasteiger partial charge is 0.338 e. The average molecular weight is 1060 g/mol. The Bertz CT molecular complexity index is 4110. The highest BCUT2D eigenvalue weighted by Gasteiger charge is 2.56. The molecule has 3 aliphatic heterocycles. The maximum atomic E-state index is 15.7. The molecule has 80 heavy (non-hydrogen) atoms. The van der Waals surface area contributed by atoms with Crippen molar-refractivity contribution in [2.45, 2.75) is 57.5 Å². The number of ketones is 3. The summed E-state index contributed by atoms with van der Waals surface area (Å²) >= 11 is 0. The van der Waals surface area contributed by atoms with Gasteiger partial charge in [-0.2, -0.15) is 20.2 Å². The SMILES string of the molecule is CC(C)C(C(=O)N1CC(C#N)C1)n1cc2c(c1F)-c1ccnc3c1C(=CC3)C2=O.N#CC1CN(C(=O)C2(n3cc4c(c3)-c3ccnc5c3C(=CC5)C4=O)CC2)C1.N#CC1CN(C(=O)n2cc3c(c2)-c2ccnc4c2C(=CC4)C3=O)C1. The van der Waals surface area contributed by atoms with Gasteiger partial charge in [-0.15, -0.1) is 0 Å². The molecular weight excluding hydrogens is 1020 g/mol. The fraction of sp³-hybridized carbons (Fsp3) is 0.311. The van der Waals surface area contributed by atoms with Crippen LogP contribution in [0.5, 0.6) is 0 Å². The molecule has 19 heteroatoms. The van der Waals surface area contributed by atoms with Crippen LogP contribution < -0.4 is 0 Å². The number of carbonyl (C=O) groups is 6. The molecule has 0 N–H and O–H groups in total. The van der Waals surface area contributed by atoms with Crippen LogP contribution in [0.1, 0.15) is 97.6 Å². The maximum Gasteiger partial charge on any atom is 0.328 e. The first-order valence-electron chi connectivity index (χ1n) is 26.8. The van der Waals surface area contributed by atoms with E-state index in [1.165, 1.54) is 15.3 Å². The van der Waals surface area contributed by atoms with Crippen LogP contribution in [0.15, 0.2) is 86.0 Å². The maximum absolute atomic E-state index is 15.7. The van der Waals surface area contributed by atoms with Crippen LogP contribution >= 0.6 is 0 Å². The third-order valence-electron chi connectivity index (χ3n) is 17.4. The minimum atomic E-state index is -0.770. The number of aromatic nitrogens is 6. The Balaban J connectivity index is 0.000000109. The molecule has 1 unspecified atom stereocenters. The fourth-order valence-corrected chi connectivity index (χ4v) is 12.9. The van der Waals surface area contributed by atoms with Crippen molar-refractivity contribution in [3.63, 3.8) is 0 Å². The van der Waals surface area contributed by atoms with E-state index in [9.17, 15) is 28.8 Å². The molecule has 1 saturated carbocycles. The lowest BCUT2D eigenvalue weighted by Crippen LogP contribution is -2.54. The number of amides is 3. The van der Waals surface area contributed by atoms with E-state index in [0.29, 0.717) is 91.9 Å². The van der Waals surface area contributed by atoms with E-state index in [1.54, 1.807) is 51.8 Å². The summed E-state index contributed by atoms with van der Waals surface area (Å²) in [6.45, 7) is 6.37. The van der Waals surface area contributed by atoms with Crippen molar-refractivity contribution in [3.05, 3.63) is 142 Å². The van der Waals surface area contributed by atoms with Gasteiger partial charge in [0.25, 0.3) is 0 Å². The molecular formula is C61H47FN12O6. The second kappa shape index (κ2) is 17.7. The van der Waals surface area contributed by atoms with Crippen LogP contribution in [-0.4, -0.2) is 118 Å². The summed E-state index contributed by atoms with van der Waals surface area (Å²) in [4.78, 5) is 95.5. The van der Waals surface area contributed by atoms with Crippen LogP contribution in [-0.2, 0) is 34.4 Å². The van der Waals surface area contributed by atoms with Gasteiger partial charge < -0.3 is 23.8 Å². The minimum Gasteiger partial charge on any atom is -0.338 e. The Hall–Kier alpha value is -9.67. The Labute approximate surface area is 457 Å². The van der Waals surface area contributed by atoms with E-state index < -0.39 is 17.5 Å². The second-order valence-electron chi connectivity index (χ2n) is 22.4. The number of nitrogens with zero attached hydrogens (tertiary/aromatic N) is 12. The Morgan fingerprint density at radius 3 is 1.51 bits per heavy atom. The van der Waals surface area contributed by atoms with Crippen LogP contribution in [0.3, 0.4) is 0 Å². The fourth-order valence-electron chi connectivity index (χ4n) is 12.9. The molecule has 0 radical (unpaired) electrons. The molecule has 3 amide bonds. The zero-order valence-corrected chi connectivity index (χ0v) is 43.4. The minimum absolute atomic E-state index is 0.0275. The lowest BCUT2D eigenvalue weighted by atomic mass is 9.85. The monoisotopic (exact) mass is 1060 g/mol. The summed E-state index contributed by atoms with van der Waals surface area (Å²) in [6.07, 6.45) is 23.0. The van der Waals surface area contributed by atoms with Gasteiger partial charge >= 0.3 is 6.03 Å². The molecule has 4 fully saturated rings. The number of Topliss-reactive ketones (excluding diaryl/α,β-unsaturated/α-hetero) is 3. The number of halogens is 1. The van der Waals surface area contributed by atoms with E-state index in [4.69, 9.17) is 15.8 Å². The highest BCUT2D eigenvalue weighted by atomic mass is 19.1. The molecule has 0 spiro atoms. The Morgan fingerprint density at radius 1 is 0.562 bits per heavy atom. The molecule has 6 aromatic rings. The zero-order valence-electron chi connectivity index (χ0n) is 43.4. The smallest absolute Gasteiger partial charge is 0.328 e. The lowest BCUT2D eigenvalue weighted by molar-refractivity contribution is -0.142. The molecule has 0 bridgehead atoms. The summed E-state index contributed by atoms with van der Waals surface area (Å²) in [5, 5.41) is 26.8. The first-order chi connectivity index (χ1) is 38.7. The average Bonchev–Trinajstić information content (AvgIpc) is 4.25. The lowest BCUT2D eigenvalue weighted by Gasteiger charge is -2.39. The van der Waals surface area contributed by atoms with Crippen LogP contribution in [0.4, 0.5) is 9.18 Å². The zero-order chi connectivity index (χ0) is 55.2. The second-order valence-corrected chi connectivity index (χ2v) is 22.4. The highest BCUT2D eigenvalue weighted by Crippen LogP contribution is 2.51. The van der Waals surface area contributed by atoms with E-state index >= 15 is 4.39 Å². The van der Waals surface area contributed by atoms with Crippen LogP contribution in [0, 0.1) is 63.6 Å². The summed E-state index contributed by atoms with van der Waals surface area (Å²) in [6, 6.07) is 11.1. The Morgan fingerprint density at radius 2 is 1.00 bits per heavy atom. The van der Waals surface area contributed by atoms with Gasteiger partial charge in [-0.25, -0.2) is 4.79 Å². The summed E-state index contributed by atoms with van der Waals surface area (Å²) < 4.78 is 20.4. The Kier molecular flexibility index (Phi) is 10.8. The molecule has 16 rings (SSSR count). The van der Waals surface area contributed by atoms with Crippen molar-refractivity contribution in [2.75, 3.05) is 39.3 Å². The molecule has 18 nitrogen and oxygen atoms in total. The molecule has 394 valence electrons. The first kappa shape index (κ1) is 48.7. The number of likely N-dealkylation sites (tertiary alicyclic amines) is 3. The number of hydrogen-bond acceptors (Lipinski definition) is 12. The van der Waals surface area contributed by atoms with Crippen molar-refractivity contribution in [2.24, 2.45) is 23.7 Å². The van der Waals surface area contributed by atoms with Gasteiger partial charge in [-0.05, 0) is 53.6 Å². The van der Waals surface area contributed by atoms with Crippen LogP contribution in [0.2, 0.25) is 0 Å². The predicted molar refractivity (Wildman–Crippen MR) is 285 cm³/mol. The molecule has 1 atom stereocenters. The molecule has 6 aromatic heterocycles. The molecule has 0 aromatic carbocycles. The highest BCUT2D eigenvalue weighted by molar-refractivity contribution is 6.37. The van der Waals surface area contributed by atoms with Crippen molar-refractivity contribution in [3.8, 4) is 51.6 Å². The first-order valence-corrected chi connectivity index (χ1v) is 26.8. The van der Waals surface area contributed by atoms with Gasteiger partial charge in [0, 0.05) is 169 Å². The molecule has 7 aliphatic carbocycles. The van der Waals surface area contributed by atoms with E-state index in [2.05, 4.69) is 33.2 Å². The van der Waals surface area contributed by atoms with Gasteiger partial charge in [0.2, 0.25) is 17.8 Å². The number of allylic oxidation sites excluding steroid dienone is 6. The third-order valence-corrected chi connectivity index (χ3v) is 17.4. The predicted octanol–water partition coefficient (Wildman–Crippen LogP) is 7.27. The van der Waals surface area contributed by atoms with Gasteiger partial charge in [-0.3, -0.25) is 43.5 Å². The van der Waals surface area contributed by atoms with E-state index in [-0.39, 0.29) is 70.0 Å². The molecule has 10 aliphatic rings.